The van der Waals surface area contributed by atoms with E-state index in [2.05, 4.69) is 15.6 Å². The first kappa shape index (κ1) is 29.4. The van der Waals surface area contributed by atoms with Gasteiger partial charge in [0.2, 0.25) is 12.2 Å². The van der Waals surface area contributed by atoms with Crippen molar-refractivity contribution < 1.29 is 29.1 Å². The SMILES string of the molecule is CC(=O)n1cc([C@H]2C=C(C(=O)NCCNc3ccc([N+](=O)[O-])cn3)O[C@@H](OCc3ccc(CO)cc3)C2)c2ccccc21. The molecule has 0 unspecified atom stereocenters. The number of hydrogen-bond acceptors (Lipinski definition) is 9. The summed E-state index contributed by atoms with van der Waals surface area (Å²) in [6.07, 6.45) is 4.40. The molecule has 0 aliphatic carbocycles. The zero-order valence-corrected chi connectivity index (χ0v) is 23.4. The van der Waals surface area contributed by atoms with E-state index in [9.17, 15) is 24.8 Å². The third kappa shape index (κ3) is 7.05. The number of pyridine rings is 1. The number of hydrogen-bond donors (Lipinski definition) is 3. The van der Waals surface area contributed by atoms with Crippen molar-refractivity contribution in [3.05, 3.63) is 112 Å². The molecule has 3 N–H and O–H groups in total. The Hall–Kier alpha value is -5.07. The number of carbonyl (C=O) groups is 2. The predicted molar refractivity (Wildman–Crippen MR) is 158 cm³/mol. The molecule has 2 atom stereocenters. The number of amides is 1. The molecule has 3 heterocycles. The number of anilines is 1. The summed E-state index contributed by atoms with van der Waals surface area (Å²) in [4.78, 5) is 39.9. The molecule has 0 radical (unpaired) electrons. The second kappa shape index (κ2) is 13.3. The molecule has 222 valence electrons. The number of aliphatic hydroxyl groups is 1. The van der Waals surface area contributed by atoms with Crippen molar-refractivity contribution in [2.75, 3.05) is 18.4 Å². The summed E-state index contributed by atoms with van der Waals surface area (Å²) in [5.74, 6) is -0.283. The number of benzene rings is 2. The summed E-state index contributed by atoms with van der Waals surface area (Å²) >= 11 is 0. The van der Waals surface area contributed by atoms with E-state index in [1.165, 1.54) is 19.1 Å². The molecule has 12 heteroatoms. The molecule has 0 bridgehead atoms. The van der Waals surface area contributed by atoms with Gasteiger partial charge in [-0.05, 0) is 34.9 Å². The van der Waals surface area contributed by atoms with Crippen LogP contribution in [0.15, 0.2) is 84.9 Å². The Morgan fingerprint density at radius 2 is 1.88 bits per heavy atom. The van der Waals surface area contributed by atoms with Crippen LogP contribution in [-0.2, 0) is 27.5 Å². The van der Waals surface area contributed by atoms with E-state index in [4.69, 9.17) is 9.47 Å². The van der Waals surface area contributed by atoms with Crippen LogP contribution in [0.2, 0.25) is 0 Å². The summed E-state index contributed by atoms with van der Waals surface area (Å²) in [6, 6.07) is 17.8. The Labute approximate surface area is 247 Å². The highest BCUT2D eigenvalue weighted by atomic mass is 16.7. The maximum absolute atomic E-state index is 13.2. The Morgan fingerprint density at radius 3 is 2.58 bits per heavy atom. The number of rotatable bonds is 11. The Morgan fingerprint density at radius 1 is 1.12 bits per heavy atom. The molecule has 43 heavy (non-hydrogen) atoms. The smallest absolute Gasteiger partial charge is 0.287 e. The Kier molecular flexibility index (Phi) is 9.08. The second-order valence-electron chi connectivity index (χ2n) is 10.0. The van der Waals surface area contributed by atoms with E-state index in [-0.39, 0.29) is 43.0 Å². The van der Waals surface area contributed by atoms with E-state index in [0.717, 1.165) is 33.8 Å². The first-order valence-electron chi connectivity index (χ1n) is 13.7. The summed E-state index contributed by atoms with van der Waals surface area (Å²) in [7, 11) is 0. The van der Waals surface area contributed by atoms with Crippen molar-refractivity contribution in [2.45, 2.75) is 38.8 Å². The van der Waals surface area contributed by atoms with Crippen LogP contribution in [0, 0.1) is 10.1 Å². The van der Waals surface area contributed by atoms with Gasteiger partial charge in [-0.3, -0.25) is 24.3 Å². The average molecular weight is 586 g/mol. The minimum Gasteiger partial charge on any atom is -0.459 e. The minimum atomic E-state index is -0.741. The molecular weight excluding hydrogens is 554 g/mol. The van der Waals surface area contributed by atoms with Crippen molar-refractivity contribution in [3.8, 4) is 0 Å². The van der Waals surface area contributed by atoms with Crippen LogP contribution in [0.3, 0.4) is 0 Å². The fourth-order valence-corrected chi connectivity index (χ4v) is 4.88. The normalized spacial score (nSPS) is 16.3. The zero-order valence-electron chi connectivity index (χ0n) is 23.4. The van der Waals surface area contributed by atoms with Crippen LogP contribution < -0.4 is 10.6 Å². The molecule has 1 aliphatic heterocycles. The topological polar surface area (TPSA) is 158 Å². The lowest BCUT2D eigenvalue weighted by atomic mass is 9.92. The maximum Gasteiger partial charge on any atom is 0.287 e. The lowest BCUT2D eigenvalue weighted by Crippen LogP contribution is -2.35. The van der Waals surface area contributed by atoms with Crippen molar-refractivity contribution in [2.24, 2.45) is 0 Å². The highest BCUT2D eigenvalue weighted by Crippen LogP contribution is 2.36. The largest absolute Gasteiger partial charge is 0.459 e. The minimum absolute atomic E-state index is 0.0500. The summed E-state index contributed by atoms with van der Waals surface area (Å²) < 4.78 is 13.7. The molecule has 2 aromatic carbocycles. The highest BCUT2D eigenvalue weighted by molar-refractivity contribution is 5.95. The van der Waals surface area contributed by atoms with Gasteiger partial charge in [0.05, 0.1) is 23.7 Å². The standard InChI is InChI=1S/C31H31N5O7/c1-20(38)35-17-26(25-4-2-3-5-27(25)35)23-14-28(43-30(15-23)42-19-22-8-6-21(18-37)7-9-22)31(39)33-13-12-32-29-11-10-24(16-34-29)36(40)41/h2-11,14,16-17,23,30,37H,12-13,15,18-19H2,1H3,(H,32,34)(H,33,39)/t23-,30+/m0/s1. The summed E-state index contributed by atoms with van der Waals surface area (Å²) in [6.45, 7) is 2.24. The third-order valence-electron chi connectivity index (χ3n) is 7.08. The molecule has 1 amide bonds. The van der Waals surface area contributed by atoms with Gasteiger partial charge in [0.25, 0.3) is 11.6 Å². The van der Waals surface area contributed by atoms with E-state index >= 15 is 0 Å². The predicted octanol–water partition coefficient (Wildman–Crippen LogP) is 4.26. The zero-order chi connectivity index (χ0) is 30.3. The number of para-hydroxylation sites is 1. The van der Waals surface area contributed by atoms with Crippen LogP contribution in [0.5, 0.6) is 0 Å². The number of nitrogens with one attached hydrogen (secondary N) is 2. The van der Waals surface area contributed by atoms with Gasteiger partial charge in [0.15, 0.2) is 5.76 Å². The Bertz CT molecular complexity index is 1650. The van der Waals surface area contributed by atoms with Crippen molar-refractivity contribution in [3.63, 3.8) is 0 Å². The Balaban J connectivity index is 1.31. The van der Waals surface area contributed by atoms with Gasteiger partial charge in [-0.25, -0.2) is 4.98 Å². The number of nitrogens with zero attached hydrogens (tertiary/aromatic N) is 3. The number of aromatic nitrogens is 2. The maximum atomic E-state index is 13.2. The molecule has 2 aromatic heterocycles. The van der Waals surface area contributed by atoms with Crippen LogP contribution in [0.25, 0.3) is 10.9 Å². The summed E-state index contributed by atoms with van der Waals surface area (Å²) in [5.41, 5.74) is 3.23. The van der Waals surface area contributed by atoms with Gasteiger partial charge < -0.3 is 25.2 Å². The molecule has 5 rings (SSSR count). The second-order valence-corrected chi connectivity index (χ2v) is 10.0. The first-order valence-corrected chi connectivity index (χ1v) is 13.7. The quantitative estimate of drug-likeness (QED) is 0.133. The van der Waals surface area contributed by atoms with Gasteiger partial charge in [-0.15, -0.1) is 0 Å². The van der Waals surface area contributed by atoms with Gasteiger partial charge in [-0.1, -0.05) is 42.5 Å². The molecular formula is C31H31N5O7. The lowest BCUT2D eigenvalue weighted by molar-refractivity contribution is -0.385. The van der Waals surface area contributed by atoms with Gasteiger partial charge in [0.1, 0.15) is 12.0 Å². The number of nitro groups is 1. The molecule has 0 saturated heterocycles. The number of fused-ring (bicyclic) bond motifs is 1. The van der Waals surface area contributed by atoms with E-state index in [0.29, 0.717) is 18.8 Å². The highest BCUT2D eigenvalue weighted by Gasteiger charge is 2.31. The van der Waals surface area contributed by atoms with E-state index in [1.54, 1.807) is 16.8 Å². The van der Waals surface area contributed by atoms with Crippen LogP contribution in [0.1, 0.15) is 40.7 Å². The average Bonchev–Trinajstić information content (AvgIpc) is 3.42. The lowest BCUT2D eigenvalue weighted by Gasteiger charge is -2.29. The summed E-state index contributed by atoms with van der Waals surface area (Å²) in [5, 5.41) is 26.9. The number of allylic oxidation sites excluding steroid dienone is 1. The van der Waals surface area contributed by atoms with Gasteiger partial charge in [-0.2, -0.15) is 0 Å². The number of ether oxygens (including phenoxy) is 2. The monoisotopic (exact) mass is 585 g/mol. The van der Waals surface area contributed by atoms with Gasteiger partial charge >= 0.3 is 0 Å². The van der Waals surface area contributed by atoms with Crippen molar-refractivity contribution in [1.29, 1.82) is 0 Å². The number of carbonyl (C=O) groups excluding carboxylic acids is 2. The van der Waals surface area contributed by atoms with Crippen LogP contribution in [0.4, 0.5) is 11.5 Å². The number of aliphatic hydroxyl groups excluding tert-OH is 1. The van der Waals surface area contributed by atoms with E-state index < -0.39 is 17.1 Å². The van der Waals surface area contributed by atoms with Crippen LogP contribution in [-0.4, -0.2) is 50.8 Å². The molecule has 1 aliphatic rings. The van der Waals surface area contributed by atoms with E-state index in [1.807, 2.05) is 48.5 Å². The van der Waals surface area contributed by atoms with Gasteiger partial charge in [0, 0.05) is 50.0 Å². The molecule has 4 aromatic rings. The molecule has 12 nitrogen and oxygen atoms in total. The van der Waals surface area contributed by atoms with Crippen molar-refractivity contribution in [1.82, 2.24) is 14.9 Å². The van der Waals surface area contributed by atoms with Crippen molar-refractivity contribution >= 4 is 34.2 Å². The fraction of sp³-hybridized carbons (Fsp3) is 0.258. The fourth-order valence-electron chi connectivity index (χ4n) is 4.88. The van der Waals surface area contributed by atoms with Crippen LogP contribution >= 0.6 is 0 Å². The third-order valence-corrected chi connectivity index (χ3v) is 7.08. The molecule has 0 spiro atoms. The molecule has 0 fully saturated rings. The molecule has 0 saturated carbocycles. The first-order chi connectivity index (χ1) is 20.8.